The van der Waals surface area contributed by atoms with Gasteiger partial charge in [-0.1, -0.05) is 0 Å². The molecule has 2 rings (SSSR count). The van der Waals surface area contributed by atoms with Crippen molar-refractivity contribution in [3.8, 4) is 0 Å². The van der Waals surface area contributed by atoms with Crippen LogP contribution in [0.25, 0.3) is 0 Å². The number of hydrogen-bond donors (Lipinski definition) is 1. The molecule has 2 saturated heterocycles. The third kappa shape index (κ3) is 3.84. The van der Waals surface area contributed by atoms with E-state index in [9.17, 15) is 22.8 Å². The van der Waals surface area contributed by atoms with E-state index in [1.54, 1.807) is 4.90 Å². The highest BCUT2D eigenvalue weighted by atomic mass is 19.4. The number of amides is 2. The van der Waals surface area contributed by atoms with E-state index in [0.29, 0.717) is 13.1 Å². The lowest BCUT2D eigenvalue weighted by Crippen LogP contribution is -2.54. The SMILES string of the molecule is O=C(CC(F)(F)F)N1CCN(C(=O)C2CCCN2)CC1. The molecule has 1 unspecified atom stereocenters. The van der Waals surface area contributed by atoms with Crippen molar-refractivity contribution in [1.29, 1.82) is 0 Å². The first kappa shape index (κ1) is 15.1. The molecule has 1 atom stereocenters. The number of rotatable bonds is 2. The predicted molar refractivity (Wildman–Crippen MR) is 64.9 cm³/mol. The van der Waals surface area contributed by atoms with Gasteiger partial charge in [-0.15, -0.1) is 0 Å². The summed E-state index contributed by atoms with van der Waals surface area (Å²) >= 11 is 0. The third-order valence-electron chi connectivity index (χ3n) is 3.65. The molecular formula is C12H18F3N3O2. The van der Waals surface area contributed by atoms with E-state index < -0.39 is 18.5 Å². The summed E-state index contributed by atoms with van der Waals surface area (Å²) in [6, 6.07) is -0.174. The average Bonchev–Trinajstić information content (AvgIpc) is 2.90. The minimum absolute atomic E-state index is 0.00887. The highest BCUT2D eigenvalue weighted by Gasteiger charge is 2.35. The summed E-state index contributed by atoms with van der Waals surface area (Å²) < 4.78 is 36.5. The minimum atomic E-state index is -4.47. The zero-order valence-corrected chi connectivity index (χ0v) is 11.1. The fourth-order valence-corrected chi connectivity index (χ4v) is 2.58. The van der Waals surface area contributed by atoms with Crippen molar-refractivity contribution in [2.24, 2.45) is 0 Å². The molecule has 1 N–H and O–H groups in total. The van der Waals surface area contributed by atoms with Gasteiger partial charge in [0, 0.05) is 26.2 Å². The number of carbonyl (C=O) groups excluding carboxylic acids is 2. The number of alkyl halides is 3. The number of hydrogen-bond acceptors (Lipinski definition) is 3. The third-order valence-corrected chi connectivity index (χ3v) is 3.65. The van der Waals surface area contributed by atoms with Gasteiger partial charge in [-0.05, 0) is 19.4 Å². The summed E-state index contributed by atoms with van der Waals surface area (Å²) in [5.74, 6) is -0.922. The molecule has 0 saturated carbocycles. The second kappa shape index (κ2) is 5.99. The maximum atomic E-state index is 12.2. The van der Waals surface area contributed by atoms with E-state index in [0.717, 1.165) is 19.4 Å². The normalized spacial score (nSPS) is 24.1. The largest absolute Gasteiger partial charge is 0.397 e. The van der Waals surface area contributed by atoms with E-state index in [2.05, 4.69) is 5.32 Å². The molecule has 20 heavy (non-hydrogen) atoms. The van der Waals surface area contributed by atoms with E-state index >= 15 is 0 Å². The van der Waals surface area contributed by atoms with Gasteiger partial charge in [0.2, 0.25) is 11.8 Å². The molecule has 2 aliphatic rings. The maximum absolute atomic E-state index is 12.2. The van der Waals surface area contributed by atoms with Gasteiger partial charge in [-0.3, -0.25) is 9.59 Å². The maximum Gasteiger partial charge on any atom is 0.397 e. The number of piperazine rings is 1. The smallest absolute Gasteiger partial charge is 0.339 e. The molecule has 8 heteroatoms. The lowest BCUT2D eigenvalue weighted by atomic mass is 10.2. The molecule has 0 aromatic heterocycles. The highest BCUT2D eigenvalue weighted by Crippen LogP contribution is 2.21. The van der Waals surface area contributed by atoms with Crippen LogP contribution < -0.4 is 5.32 Å². The standard InChI is InChI=1S/C12H18F3N3O2/c13-12(14,15)8-10(19)17-4-6-18(7-5-17)11(20)9-2-1-3-16-9/h9,16H,1-8H2. The number of halogens is 3. The van der Waals surface area contributed by atoms with Crippen molar-refractivity contribution in [1.82, 2.24) is 15.1 Å². The fraction of sp³-hybridized carbons (Fsp3) is 0.833. The van der Waals surface area contributed by atoms with Crippen LogP contribution in [0, 0.1) is 0 Å². The van der Waals surface area contributed by atoms with Crippen LogP contribution in [0.4, 0.5) is 13.2 Å². The van der Waals surface area contributed by atoms with Gasteiger partial charge in [-0.2, -0.15) is 13.2 Å². The number of nitrogens with zero attached hydrogens (tertiary/aromatic N) is 2. The lowest BCUT2D eigenvalue weighted by molar-refractivity contribution is -0.163. The molecule has 2 heterocycles. The number of carbonyl (C=O) groups is 2. The first-order valence-corrected chi connectivity index (χ1v) is 6.73. The van der Waals surface area contributed by atoms with Gasteiger partial charge < -0.3 is 15.1 Å². The summed E-state index contributed by atoms with van der Waals surface area (Å²) in [5, 5.41) is 3.10. The van der Waals surface area contributed by atoms with E-state index in [1.165, 1.54) is 4.90 Å². The molecule has 5 nitrogen and oxygen atoms in total. The first-order chi connectivity index (χ1) is 9.37. The van der Waals surface area contributed by atoms with Gasteiger partial charge in [0.15, 0.2) is 0 Å². The van der Waals surface area contributed by atoms with Crippen molar-refractivity contribution in [2.45, 2.75) is 31.5 Å². The molecule has 2 fully saturated rings. The fourth-order valence-electron chi connectivity index (χ4n) is 2.58. The van der Waals surface area contributed by atoms with Crippen molar-refractivity contribution < 1.29 is 22.8 Å². The average molecular weight is 293 g/mol. The van der Waals surface area contributed by atoms with Gasteiger partial charge in [0.25, 0.3) is 0 Å². The zero-order chi connectivity index (χ0) is 14.8. The second-order valence-corrected chi connectivity index (χ2v) is 5.15. The molecule has 0 spiro atoms. The van der Waals surface area contributed by atoms with Gasteiger partial charge in [-0.25, -0.2) is 0 Å². The Morgan fingerprint density at radius 3 is 2.20 bits per heavy atom. The van der Waals surface area contributed by atoms with Gasteiger partial charge >= 0.3 is 6.18 Å². The second-order valence-electron chi connectivity index (χ2n) is 5.15. The van der Waals surface area contributed by atoms with Crippen LogP contribution in [0.1, 0.15) is 19.3 Å². The molecular weight excluding hydrogens is 275 g/mol. The summed E-state index contributed by atoms with van der Waals surface area (Å²) in [6.45, 7) is 1.78. The Labute approximate surface area is 115 Å². The van der Waals surface area contributed by atoms with Crippen molar-refractivity contribution in [3.63, 3.8) is 0 Å². The van der Waals surface area contributed by atoms with Crippen molar-refractivity contribution in [2.75, 3.05) is 32.7 Å². The van der Waals surface area contributed by atoms with Crippen LogP contribution in [-0.2, 0) is 9.59 Å². The van der Waals surface area contributed by atoms with E-state index in [1.807, 2.05) is 0 Å². The van der Waals surface area contributed by atoms with E-state index in [4.69, 9.17) is 0 Å². The van der Waals surface area contributed by atoms with Gasteiger partial charge in [0.1, 0.15) is 6.42 Å². The van der Waals surface area contributed by atoms with Crippen LogP contribution in [0.3, 0.4) is 0 Å². The van der Waals surface area contributed by atoms with Crippen molar-refractivity contribution >= 4 is 11.8 Å². The monoisotopic (exact) mass is 293 g/mol. The Balaban J connectivity index is 1.80. The Kier molecular flexibility index (Phi) is 4.52. The Morgan fingerprint density at radius 2 is 1.70 bits per heavy atom. The topological polar surface area (TPSA) is 52.7 Å². The quantitative estimate of drug-likeness (QED) is 0.800. The molecule has 2 aliphatic heterocycles. The summed E-state index contributed by atoms with van der Waals surface area (Å²) in [7, 11) is 0. The van der Waals surface area contributed by atoms with Crippen LogP contribution in [0.5, 0.6) is 0 Å². The molecule has 2 amide bonds. The molecule has 0 radical (unpaired) electrons. The lowest BCUT2D eigenvalue weighted by Gasteiger charge is -2.36. The summed E-state index contributed by atoms with van der Waals surface area (Å²) in [5.41, 5.74) is 0. The molecule has 114 valence electrons. The first-order valence-electron chi connectivity index (χ1n) is 6.73. The summed E-state index contributed by atoms with van der Waals surface area (Å²) in [6.07, 6.45) is -4.14. The number of nitrogens with one attached hydrogen (secondary N) is 1. The molecule has 0 aromatic rings. The Morgan fingerprint density at radius 1 is 1.10 bits per heavy atom. The van der Waals surface area contributed by atoms with Gasteiger partial charge in [0.05, 0.1) is 6.04 Å². The van der Waals surface area contributed by atoms with Crippen molar-refractivity contribution in [3.05, 3.63) is 0 Å². The molecule has 0 aliphatic carbocycles. The predicted octanol–water partition coefficient (Wildman–Crippen LogP) is 0.362. The van der Waals surface area contributed by atoms with Crippen LogP contribution in [0.2, 0.25) is 0 Å². The minimum Gasteiger partial charge on any atom is -0.339 e. The molecule has 0 bridgehead atoms. The zero-order valence-electron chi connectivity index (χ0n) is 11.1. The van der Waals surface area contributed by atoms with Crippen LogP contribution >= 0.6 is 0 Å². The molecule has 0 aromatic carbocycles. The highest BCUT2D eigenvalue weighted by molar-refractivity contribution is 5.83. The van der Waals surface area contributed by atoms with Crippen LogP contribution in [0.15, 0.2) is 0 Å². The Bertz CT molecular complexity index is 373. The van der Waals surface area contributed by atoms with E-state index in [-0.39, 0.29) is 25.0 Å². The summed E-state index contributed by atoms with van der Waals surface area (Å²) in [4.78, 5) is 26.3. The van der Waals surface area contributed by atoms with Crippen LogP contribution in [-0.4, -0.2) is 66.6 Å². The Hall–Kier alpha value is -1.31.